The molecule has 88 valence electrons. The van der Waals surface area contributed by atoms with E-state index >= 15 is 0 Å². The molecule has 1 fully saturated rings. The summed E-state index contributed by atoms with van der Waals surface area (Å²) in [6.07, 6.45) is 4.06. The van der Waals surface area contributed by atoms with E-state index in [1.54, 1.807) is 0 Å². The van der Waals surface area contributed by atoms with Crippen LogP contribution in [0.1, 0.15) is 26.2 Å². The lowest BCUT2D eigenvalue weighted by molar-refractivity contribution is 0.146. The highest BCUT2D eigenvalue weighted by molar-refractivity contribution is 7.99. The minimum absolute atomic E-state index is 0.622. The lowest BCUT2D eigenvalue weighted by Gasteiger charge is -2.43. The van der Waals surface area contributed by atoms with E-state index in [0.717, 1.165) is 0 Å². The van der Waals surface area contributed by atoms with Crippen molar-refractivity contribution >= 4 is 11.8 Å². The van der Waals surface area contributed by atoms with Gasteiger partial charge in [-0.05, 0) is 36.1 Å². The summed E-state index contributed by atoms with van der Waals surface area (Å²) in [6.45, 7) is 4.76. The molecule has 1 aromatic rings. The second-order valence-corrected chi connectivity index (χ2v) is 5.93. The minimum atomic E-state index is 0.622. The van der Waals surface area contributed by atoms with Gasteiger partial charge in [0.1, 0.15) is 0 Å². The first-order valence-corrected chi connectivity index (χ1v) is 7.22. The van der Waals surface area contributed by atoms with Gasteiger partial charge in [-0.2, -0.15) is 0 Å². The largest absolute Gasteiger partial charge is 0.316 e. The third-order valence-electron chi connectivity index (χ3n) is 3.42. The first-order valence-electron chi connectivity index (χ1n) is 6.23. The Bertz CT molecular complexity index is 306. The number of benzene rings is 1. The number of rotatable bonds is 6. The second-order valence-electron chi connectivity index (χ2n) is 4.77. The first kappa shape index (κ1) is 12.0. The Morgan fingerprint density at radius 2 is 1.94 bits per heavy atom. The predicted octanol–water partition coefficient (Wildman–Crippen LogP) is 3.56. The molecule has 2 heteroatoms. The quantitative estimate of drug-likeness (QED) is 0.757. The van der Waals surface area contributed by atoms with Gasteiger partial charge in [-0.25, -0.2) is 0 Å². The van der Waals surface area contributed by atoms with E-state index in [9.17, 15) is 0 Å². The molecule has 1 aliphatic rings. The van der Waals surface area contributed by atoms with Crippen molar-refractivity contribution in [1.29, 1.82) is 0 Å². The number of hydrogen-bond acceptors (Lipinski definition) is 2. The number of nitrogens with one attached hydrogen (secondary N) is 1. The van der Waals surface area contributed by atoms with Crippen molar-refractivity contribution in [2.75, 3.05) is 18.8 Å². The van der Waals surface area contributed by atoms with Gasteiger partial charge in [0.2, 0.25) is 0 Å². The van der Waals surface area contributed by atoms with Gasteiger partial charge in [-0.1, -0.05) is 31.5 Å². The molecule has 1 saturated heterocycles. The van der Waals surface area contributed by atoms with E-state index in [1.165, 1.54) is 43.0 Å². The van der Waals surface area contributed by atoms with Crippen molar-refractivity contribution in [1.82, 2.24) is 5.32 Å². The zero-order valence-corrected chi connectivity index (χ0v) is 10.9. The van der Waals surface area contributed by atoms with E-state index in [4.69, 9.17) is 0 Å². The monoisotopic (exact) mass is 235 g/mol. The van der Waals surface area contributed by atoms with Crippen LogP contribution in [-0.2, 0) is 0 Å². The first-order chi connectivity index (χ1) is 7.85. The molecule has 1 nitrogen and oxygen atoms in total. The molecule has 0 bridgehead atoms. The Kier molecular flexibility index (Phi) is 4.30. The number of thioether (sulfide) groups is 1. The Morgan fingerprint density at radius 3 is 2.50 bits per heavy atom. The van der Waals surface area contributed by atoms with E-state index in [1.807, 2.05) is 11.8 Å². The second kappa shape index (κ2) is 5.74. The molecule has 16 heavy (non-hydrogen) atoms. The fourth-order valence-electron chi connectivity index (χ4n) is 2.39. The SMILES string of the molecule is CCCC1(CCSc2ccccc2)CNC1. The molecular weight excluding hydrogens is 214 g/mol. The van der Waals surface area contributed by atoms with Crippen LogP contribution in [0.5, 0.6) is 0 Å². The van der Waals surface area contributed by atoms with Crippen LogP contribution in [0, 0.1) is 5.41 Å². The molecule has 0 amide bonds. The summed E-state index contributed by atoms with van der Waals surface area (Å²) in [5.41, 5.74) is 0.622. The van der Waals surface area contributed by atoms with Gasteiger partial charge in [0.05, 0.1) is 0 Å². The Morgan fingerprint density at radius 1 is 1.19 bits per heavy atom. The molecular formula is C14H21NS. The van der Waals surface area contributed by atoms with Gasteiger partial charge in [0, 0.05) is 18.0 Å². The Labute approximate surface area is 103 Å². The summed E-state index contributed by atoms with van der Waals surface area (Å²) < 4.78 is 0. The summed E-state index contributed by atoms with van der Waals surface area (Å²) in [7, 11) is 0. The van der Waals surface area contributed by atoms with Gasteiger partial charge >= 0.3 is 0 Å². The standard InChI is InChI=1S/C14H21NS/c1-2-8-14(11-15-12-14)9-10-16-13-6-4-3-5-7-13/h3-7,15H,2,8-12H2,1H3. The van der Waals surface area contributed by atoms with Gasteiger partial charge in [-0.15, -0.1) is 11.8 Å². The highest BCUT2D eigenvalue weighted by Gasteiger charge is 2.34. The summed E-state index contributed by atoms with van der Waals surface area (Å²) in [4.78, 5) is 1.40. The average molecular weight is 235 g/mol. The summed E-state index contributed by atoms with van der Waals surface area (Å²) in [5.74, 6) is 1.26. The topological polar surface area (TPSA) is 12.0 Å². The molecule has 1 N–H and O–H groups in total. The van der Waals surface area contributed by atoms with Crippen LogP contribution in [0.3, 0.4) is 0 Å². The summed E-state index contributed by atoms with van der Waals surface area (Å²) >= 11 is 1.99. The Hall–Kier alpha value is -0.470. The average Bonchev–Trinajstić information content (AvgIpc) is 2.27. The third kappa shape index (κ3) is 3.02. The highest BCUT2D eigenvalue weighted by atomic mass is 32.2. The smallest absolute Gasteiger partial charge is 0.00719 e. The van der Waals surface area contributed by atoms with Crippen LogP contribution in [0.15, 0.2) is 35.2 Å². The molecule has 0 saturated carbocycles. The van der Waals surface area contributed by atoms with Gasteiger partial charge in [0.25, 0.3) is 0 Å². The zero-order valence-electron chi connectivity index (χ0n) is 10.0. The zero-order chi connectivity index (χ0) is 11.3. The molecule has 0 radical (unpaired) electrons. The maximum Gasteiger partial charge on any atom is 0.00719 e. The van der Waals surface area contributed by atoms with Gasteiger partial charge < -0.3 is 5.32 Å². The van der Waals surface area contributed by atoms with Crippen LogP contribution >= 0.6 is 11.8 Å². The maximum atomic E-state index is 3.43. The molecule has 0 unspecified atom stereocenters. The molecule has 1 aromatic carbocycles. The molecule has 1 aliphatic heterocycles. The lowest BCUT2D eigenvalue weighted by Crippen LogP contribution is -2.53. The highest BCUT2D eigenvalue weighted by Crippen LogP contribution is 2.34. The van der Waals surface area contributed by atoms with Crippen molar-refractivity contribution in [2.24, 2.45) is 5.41 Å². The predicted molar refractivity (Wildman–Crippen MR) is 72.0 cm³/mol. The fraction of sp³-hybridized carbons (Fsp3) is 0.571. The van der Waals surface area contributed by atoms with Crippen molar-refractivity contribution in [3.8, 4) is 0 Å². The van der Waals surface area contributed by atoms with Crippen LogP contribution in [0.4, 0.5) is 0 Å². The molecule has 0 spiro atoms. The van der Waals surface area contributed by atoms with Crippen molar-refractivity contribution in [2.45, 2.75) is 31.1 Å². The molecule has 0 aromatic heterocycles. The molecule has 2 rings (SSSR count). The van der Waals surface area contributed by atoms with E-state index in [2.05, 4.69) is 42.6 Å². The molecule has 1 heterocycles. The van der Waals surface area contributed by atoms with E-state index in [-0.39, 0.29) is 0 Å². The van der Waals surface area contributed by atoms with E-state index < -0.39 is 0 Å². The van der Waals surface area contributed by atoms with E-state index in [0.29, 0.717) is 5.41 Å². The normalized spacial score (nSPS) is 18.1. The van der Waals surface area contributed by atoms with Crippen LogP contribution in [0.2, 0.25) is 0 Å². The third-order valence-corrected chi connectivity index (χ3v) is 4.44. The lowest BCUT2D eigenvalue weighted by atomic mass is 9.75. The molecule has 0 atom stereocenters. The number of hydrogen-bond donors (Lipinski definition) is 1. The van der Waals surface area contributed by atoms with Crippen LogP contribution in [-0.4, -0.2) is 18.8 Å². The summed E-state index contributed by atoms with van der Waals surface area (Å²) in [5, 5.41) is 3.43. The van der Waals surface area contributed by atoms with Crippen molar-refractivity contribution in [3.63, 3.8) is 0 Å². The summed E-state index contributed by atoms with van der Waals surface area (Å²) in [6, 6.07) is 10.7. The molecule has 0 aliphatic carbocycles. The van der Waals surface area contributed by atoms with Crippen molar-refractivity contribution < 1.29 is 0 Å². The van der Waals surface area contributed by atoms with Crippen molar-refractivity contribution in [3.05, 3.63) is 30.3 Å². The van der Waals surface area contributed by atoms with Crippen LogP contribution in [0.25, 0.3) is 0 Å². The maximum absolute atomic E-state index is 3.43. The van der Waals surface area contributed by atoms with Gasteiger partial charge in [-0.3, -0.25) is 0 Å². The van der Waals surface area contributed by atoms with Gasteiger partial charge in [0.15, 0.2) is 0 Å². The Balaban J connectivity index is 1.75. The van der Waals surface area contributed by atoms with Crippen LogP contribution < -0.4 is 5.32 Å². The fourth-order valence-corrected chi connectivity index (χ4v) is 3.51. The minimum Gasteiger partial charge on any atom is -0.316 e.